The molecule has 0 atom stereocenters. The van der Waals surface area contributed by atoms with Gasteiger partial charge in [0.1, 0.15) is 0 Å². The van der Waals surface area contributed by atoms with Crippen LogP contribution in [0.1, 0.15) is 80.4 Å². The number of aryl methyl sites for hydroxylation is 1. The highest BCUT2D eigenvalue weighted by molar-refractivity contribution is 6.48. The number of anilines is 2. The molecule has 46 heavy (non-hydrogen) atoms. The first-order chi connectivity index (χ1) is 22.5. The molecule has 0 unspecified atom stereocenters. The van der Waals surface area contributed by atoms with Crippen molar-refractivity contribution in [3.05, 3.63) is 106 Å². The van der Waals surface area contributed by atoms with E-state index < -0.39 is 5.97 Å². The first kappa shape index (κ1) is 31.0. The Labute approximate surface area is 270 Å². The predicted octanol–water partition coefficient (Wildman–Crippen LogP) is 6.09. The van der Waals surface area contributed by atoms with Gasteiger partial charge >= 0.3 is 5.97 Å². The molecule has 4 aromatic rings. The molecule has 1 N–H and O–H groups in total. The van der Waals surface area contributed by atoms with Gasteiger partial charge in [-0.1, -0.05) is 81.5 Å². The van der Waals surface area contributed by atoms with Gasteiger partial charge in [0.15, 0.2) is 5.69 Å². The number of rotatable bonds is 11. The van der Waals surface area contributed by atoms with Crippen molar-refractivity contribution in [2.24, 2.45) is 5.10 Å². The summed E-state index contributed by atoms with van der Waals surface area (Å²) in [4.78, 5) is 29.2. The van der Waals surface area contributed by atoms with Crippen molar-refractivity contribution < 1.29 is 14.7 Å². The number of hydrazone groups is 1. The third-order valence-electron chi connectivity index (χ3n) is 8.80. The van der Waals surface area contributed by atoms with E-state index in [-0.39, 0.29) is 22.4 Å². The van der Waals surface area contributed by atoms with E-state index in [0.717, 1.165) is 31.5 Å². The Morgan fingerprint density at radius 3 is 2.33 bits per heavy atom. The summed E-state index contributed by atoms with van der Waals surface area (Å²) in [6.07, 6.45) is 11.7. The van der Waals surface area contributed by atoms with E-state index in [1.165, 1.54) is 54.8 Å². The first-order valence-corrected chi connectivity index (χ1v) is 16.4. The number of unbranched alkanes of at least 4 members (excludes halogenated alkanes) is 5. The maximum atomic E-state index is 14.0. The Bertz CT molecular complexity index is 1880. The first-order valence-electron chi connectivity index (χ1n) is 16.4. The summed E-state index contributed by atoms with van der Waals surface area (Å²) >= 11 is 0. The molecule has 0 saturated carbocycles. The van der Waals surface area contributed by atoms with Crippen LogP contribution in [0, 0.1) is 0 Å². The number of aromatic nitrogens is 2. The zero-order valence-electron chi connectivity index (χ0n) is 26.7. The molecule has 6 rings (SSSR count). The molecule has 0 radical (unpaired) electrons. The number of fused-ring (bicyclic) bond motifs is 1. The number of carbonyl (C=O) groups is 2. The van der Waals surface area contributed by atoms with E-state index >= 15 is 0 Å². The van der Waals surface area contributed by atoms with Gasteiger partial charge in [0.05, 0.1) is 33.2 Å². The third kappa shape index (κ3) is 6.38. The fourth-order valence-corrected chi connectivity index (χ4v) is 6.52. The van der Waals surface area contributed by atoms with E-state index in [2.05, 4.69) is 40.2 Å². The van der Waals surface area contributed by atoms with Gasteiger partial charge in [-0.2, -0.15) is 15.2 Å². The van der Waals surface area contributed by atoms with E-state index in [1.807, 2.05) is 54.6 Å². The molecule has 3 heterocycles. The van der Waals surface area contributed by atoms with Crippen LogP contribution >= 0.6 is 0 Å². The number of carboxylic acid groups (broad SMARTS) is 1. The third-order valence-corrected chi connectivity index (χ3v) is 8.80. The van der Waals surface area contributed by atoms with Gasteiger partial charge in [-0.05, 0) is 79.8 Å². The minimum absolute atomic E-state index is 0.189. The molecular weight excluding hydrogens is 574 g/mol. The summed E-state index contributed by atoms with van der Waals surface area (Å²) in [7, 11) is 0. The van der Waals surface area contributed by atoms with Crippen LogP contribution in [-0.2, 0) is 11.2 Å². The second-order valence-electron chi connectivity index (χ2n) is 12.1. The van der Waals surface area contributed by atoms with Crippen molar-refractivity contribution in [1.29, 1.82) is 0 Å². The van der Waals surface area contributed by atoms with Crippen LogP contribution in [0.25, 0.3) is 17.3 Å². The molecule has 8 nitrogen and oxygen atoms in total. The van der Waals surface area contributed by atoms with Gasteiger partial charge < -0.3 is 10.0 Å². The Balaban J connectivity index is 1.46. The van der Waals surface area contributed by atoms with Crippen LogP contribution in [-0.4, -0.2) is 45.6 Å². The lowest BCUT2D eigenvalue weighted by Crippen LogP contribution is -2.37. The molecule has 0 bridgehead atoms. The average molecular weight is 616 g/mol. The molecule has 0 fully saturated rings. The van der Waals surface area contributed by atoms with Crippen molar-refractivity contribution in [3.63, 3.8) is 0 Å². The Morgan fingerprint density at radius 2 is 1.61 bits per heavy atom. The van der Waals surface area contributed by atoms with Crippen LogP contribution < -0.4 is 20.5 Å². The van der Waals surface area contributed by atoms with Crippen molar-refractivity contribution in [2.45, 2.75) is 65.2 Å². The monoisotopic (exact) mass is 615 g/mol. The number of hydrogen-bond donors (Lipinski definition) is 1. The maximum absolute atomic E-state index is 14.0. The molecule has 2 aliphatic heterocycles. The smallest absolute Gasteiger partial charge is 0.357 e. The van der Waals surface area contributed by atoms with Crippen LogP contribution in [0.15, 0.2) is 84.0 Å². The van der Waals surface area contributed by atoms with Crippen LogP contribution in [0.4, 0.5) is 11.4 Å². The Hall–Kier alpha value is -4.98. The Kier molecular flexibility index (Phi) is 9.43. The molecule has 0 aliphatic carbocycles. The van der Waals surface area contributed by atoms with E-state index in [4.69, 9.17) is 0 Å². The number of nitrogens with zero attached hydrogens (tertiary/aromatic N) is 5. The summed E-state index contributed by atoms with van der Waals surface area (Å²) in [6, 6.07) is 25.1. The van der Waals surface area contributed by atoms with E-state index in [1.54, 1.807) is 23.7 Å². The number of amides is 1. The number of para-hydroxylation sites is 2. The zero-order chi connectivity index (χ0) is 32.0. The highest BCUT2D eigenvalue weighted by Crippen LogP contribution is 2.29. The fourth-order valence-electron chi connectivity index (χ4n) is 6.52. The molecule has 1 amide bonds. The van der Waals surface area contributed by atoms with Crippen molar-refractivity contribution in [1.82, 2.24) is 9.78 Å². The molecule has 236 valence electrons. The van der Waals surface area contributed by atoms with E-state index in [0.29, 0.717) is 22.4 Å². The average Bonchev–Trinajstić information content (AvgIpc) is 3.59. The van der Waals surface area contributed by atoms with Crippen LogP contribution in [0.3, 0.4) is 0 Å². The Morgan fingerprint density at radius 1 is 0.913 bits per heavy atom. The minimum atomic E-state index is -1.21. The SMILES string of the molecule is CCCCCCCCN1CCCc2cc(/C=c3/c(=C4\C(=O)N(c5ccccc5)N=C4C)c(C(=O)O)nn3-c3ccccc3)ccc21. The molecule has 0 saturated heterocycles. The molecular formula is C38H41N5O3. The molecule has 3 aromatic carbocycles. The summed E-state index contributed by atoms with van der Waals surface area (Å²) in [5.41, 5.74) is 5.29. The summed E-state index contributed by atoms with van der Waals surface area (Å²) < 4.78 is 1.63. The number of carboxylic acids is 1. The summed E-state index contributed by atoms with van der Waals surface area (Å²) in [5.74, 6) is -1.59. The summed E-state index contributed by atoms with van der Waals surface area (Å²) in [5, 5.41) is 21.6. The van der Waals surface area contributed by atoms with Gasteiger partial charge in [0.25, 0.3) is 5.91 Å². The lowest BCUT2D eigenvalue weighted by molar-refractivity contribution is -0.112. The lowest BCUT2D eigenvalue weighted by Gasteiger charge is -2.31. The van der Waals surface area contributed by atoms with Gasteiger partial charge in [0, 0.05) is 18.8 Å². The molecule has 8 heteroatoms. The molecule has 0 spiro atoms. The van der Waals surface area contributed by atoms with Gasteiger partial charge in [-0.25, -0.2) is 9.48 Å². The summed E-state index contributed by atoms with van der Waals surface area (Å²) in [6.45, 7) is 6.11. The molecule has 2 aliphatic rings. The van der Waals surface area contributed by atoms with Crippen LogP contribution in [0.5, 0.6) is 0 Å². The van der Waals surface area contributed by atoms with Gasteiger partial charge in [-0.3, -0.25) is 4.79 Å². The van der Waals surface area contributed by atoms with Gasteiger partial charge in [-0.15, -0.1) is 0 Å². The second kappa shape index (κ2) is 14.0. The normalized spacial score (nSPS) is 16.2. The van der Waals surface area contributed by atoms with E-state index in [9.17, 15) is 14.7 Å². The minimum Gasteiger partial charge on any atom is -0.476 e. The standard InChI is InChI=1S/C38H41N5O3/c1-3-4-5-6-7-14-23-41-24-15-16-29-25-28(21-22-32(29)41)26-33-35(36(38(45)46)40-42(33)30-17-10-8-11-18-30)34-27(2)39-43(37(34)44)31-19-12-9-13-20-31/h8-13,17-22,25-26H,3-7,14-16,23-24H2,1-2H3,(H,45,46)/b33-26-,35-34+. The number of carbonyl (C=O) groups excluding carboxylic acids is 1. The fraction of sp³-hybridized carbons (Fsp3) is 0.316. The second-order valence-corrected chi connectivity index (χ2v) is 12.1. The largest absolute Gasteiger partial charge is 0.476 e. The van der Waals surface area contributed by atoms with Crippen molar-refractivity contribution in [3.8, 4) is 5.69 Å². The molecule has 1 aromatic heterocycles. The highest BCUT2D eigenvalue weighted by Gasteiger charge is 2.32. The quantitative estimate of drug-likeness (QED) is 0.206. The van der Waals surface area contributed by atoms with Crippen molar-refractivity contribution >= 4 is 40.6 Å². The number of hydrogen-bond acceptors (Lipinski definition) is 5. The lowest BCUT2D eigenvalue weighted by atomic mass is 9.98. The highest BCUT2D eigenvalue weighted by atomic mass is 16.4. The zero-order valence-corrected chi connectivity index (χ0v) is 26.7. The predicted molar refractivity (Wildman–Crippen MR) is 184 cm³/mol. The maximum Gasteiger partial charge on any atom is 0.357 e. The van der Waals surface area contributed by atoms with Crippen molar-refractivity contribution in [2.75, 3.05) is 23.0 Å². The van der Waals surface area contributed by atoms with Gasteiger partial charge in [0.2, 0.25) is 0 Å². The number of aromatic carboxylic acids is 1. The van der Waals surface area contributed by atoms with Crippen LogP contribution in [0.2, 0.25) is 0 Å². The topological polar surface area (TPSA) is 91.0 Å². The number of benzene rings is 3.